The van der Waals surface area contributed by atoms with Crippen molar-refractivity contribution in [3.63, 3.8) is 0 Å². The molecule has 0 unspecified atom stereocenters. The predicted octanol–water partition coefficient (Wildman–Crippen LogP) is 5.47. The van der Waals surface area contributed by atoms with Gasteiger partial charge < -0.3 is 44.9 Å². The number of carbonyl (C=O) groups is 3. The molecule has 5 atom stereocenters. The monoisotopic (exact) mass is 740 g/mol. The van der Waals surface area contributed by atoms with Gasteiger partial charge in [0.15, 0.2) is 12.0 Å². The summed E-state index contributed by atoms with van der Waals surface area (Å²) in [6, 6.07) is 7.43. The second-order valence-corrected chi connectivity index (χ2v) is 14.1. The number of esters is 1. The number of amides is 2. The molecule has 1 saturated heterocycles. The summed E-state index contributed by atoms with van der Waals surface area (Å²) in [5.41, 5.74) is 1.38. The number of nitrogens with one attached hydrogen (secondary N) is 2. The van der Waals surface area contributed by atoms with Crippen molar-refractivity contribution in [1.82, 2.24) is 5.32 Å². The van der Waals surface area contributed by atoms with Gasteiger partial charge in [-0.15, -0.1) is 0 Å². The molecule has 278 valence electrons. The van der Waals surface area contributed by atoms with E-state index in [1.165, 1.54) is 13.2 Å². The van der Waals surface area contributed by atoms with Gasteiger partial charge in [0.05, 0.1) is 16.7 Å². The number of anilines is 1. The number of carbonyl (C=O) groups excluding carboxylic acids is 3. The first kappa shape index (κ1) is 41.5. The highest BCUT2D eigenvalue weighted by atomic mass is 35.5. The zero-order valence-corrected chi connectivity index (χ0v) is 30.8. The van der Waals surface area contributed by atoms with Crippen molar-refractivity contribution in [2.45, 2.75) is 122 Å². The number of halogens is 2. The summed E-state index contributed by atoms with van der Waals surface area (Å²) in [5.74, 6) is -0.740. The highest BCUT2D eigenvalue weighted by molar-refractivity contribution is 6.38. The Hall–Kier alpha value is -2.97. The van der Waals surface area contributed by atoms with E-state index in [2.05, 4.69) is 10.6 Å². The van der Waals surface area contributed by atoms with Crippen LogP contribution in [0.2, 0.25) is 10.0 Å². The summed E-state index contributed by atoms with van der Waals surface area (Å²) in [5, 5.41) is 36.0. The van der Waals surface area contributed by atoms with E-state index in [1.807, 2.05) is 26.8 Å². The molecule has 0 saturated carbocycles. The minimum atomic E-state index is -1.48. The number of benzene rings is 2. The SMILES string of the molecule is CO[C@H]1O[C@H](CO)[C@@H](O)[C@H](O)[C@H]1NC(=O)c1cc(Cl)c(OCc2cccc(NC(=O)CCCCCCCCC(=O)OC(C)(C)C)c2)c(Cl)c1C. The Bertz CT molecular complexity index is 1450. The maximum atomic E-state index is 13.2. The number of unbranched alkanes of at least 4 members (excludes halogenated alkanes) is 5. The van der Waals surface area contributed by atoms with Crippen LogP contribution in [0.3, 0.4) is 0 Å². The summed E-state index contributed by atoms with van der Waals surface area (Å²) < 4.78 is 22.0. The Morgan fingerprint density at radius 1 is 0.960 bits per heavy atom. The normalized spacial score (nSPS) is 20.6. The molecule has 1 aliphatic heterocycles. The summed E-state index contributed by atoms with van der Waals surface area (Å²) in [6.45, 7) is 6.72. The average Bonchev–Trinajstić information content (AvgIpc) is 3.05. The molecule has 0 radical (unpaired) electrons. The summed E-state index contributed by atoms with van der Waals surface area (Å²) in [4.78, 5) is 37.6. The average molecular weight is 742 g/mol. The second kappa shape index (κ2) is 19.6. The lowest BCUT2D eigenvalue weighted by Crippen LogP contribution is -2.64. The Morgan fingerprint density at radius 3 is 2.26 bits per heavy atom. The van der Waals surface area contributed by atoms with Crippen molar-refractivity contribution in [1.29, 1.82) is 0 Å². The molecule has 0 bridgehead atoms. The minimum absolute atomic E-state index is 0.0716. The molecule has 0 aliphatic carbocycles. The molecule has 2 amide bonds. The van der Waals surface area contributed by atoms with E-state index < -0.39 is 48.8 Å². The van der Waals surface area contributed by atoms with Gasteiger partial charge in [0.2, 0.25) is 5.91 Å². The van der Waals surface area contributed by atoms with Gasteiger partial charge in [-0.2, -0.15) is 0 Å². The fourth-order valence-corrected chi connectivity index (χ4v) is 6.07. The standard InChI is InChI=1S/C36H50Cl2N2O10/c1-21-24(34(46)40-30-32(45)31(44)26(19-41)49-35(30)47-5)18-25(37)33(29(21)38)48-20-22-13-12-14-23(17-22)39-27(42)15-10-8-6-7-9-11-16-28(43)50-36(2,3)4/h12-14,17-18,26,30-32,35,41,44-45H,6-11,15-16,19-20H2,1-5H3,(H,39,42)(H,40,46)/t26-,30-,31-,32-,35+/m1/s1. The van der Waals surface area contributed by atoms with E-state index in [0.29, 0.717) is 24.1 Å². The molecule has 5 N–H and O–H groups in total. The third-order valence-electron chi connectivity index (χ3n) is 8.12. The molecule has 0 spiro atoms. The molecular formula is C36H50Cl2N2O10. The third-order valence-corrected chi connectivity index (χ3v) is 8.86. The molecule has 50 heavy (non-hydrogen) atoms. The molecule has 12 nitrogen and oxygen atoms in total. The number of hydrogen-bond donors (Lipinski definition) is 5. The summed E-state index contributed by atoms with van der Waals surface area (Å²) in [6.07, 6.45) is 1.09. The number of aliphatic hydroxyl groups is 3. The minimum Gasteiger partial charge on any atom is -0.486 e. The van der Waals surface area contributed by atoms with Crippen LogP contribution in [0, 0.1) is 6.92 Å². The van der Waals surface area contributed by atoms with E-state index in [1.54, 1.807) is 25.1 Å². The molecule has 1 fully saturated rings. The van der Waals surface area contributed by atoms with Gasteiger partial charge >= 0.3 is 5.97 Å². The lowest BCUT2D eigenvalue weighted by Gasteiger charge is -2.41. The number of hydrogen-bond acceptors (Lipinski definition) is 10. The van der Waals surface area contributed by atoms with Gasteiger partial charge in [0, 0.05) is 31.2 Å². The van der Waals surface area contributed by atoms with Crippen molar-refractivity contribution < 1.29 is 48.7 Å². The molecule has 1 heterocycles. The van der Waals surface area contributed by atoms with Crippen molar-refractivity contribution >= 4 is 46.7 Å². The van der Waals surface area contributed by atoms with E-state index in [9.17, 15) is 29.7 Å². The molecule has 14 heteroatoms. The van der Waals surface area contributed by atoms with Crippen molar-refractivity contribution in [3.05, 3.63) is 57.1 Å². The first-order chi connectivity index (χ1) is 23.6. The van der Waals surface area contributed by atoms with Crippen LogP contribution >= 0.6 is 23.2 Å². The van der Waals surface area contributed by atoms with E-state index >= 15 is 0 Å². The Labute approximate surface area is 303 Å². The number of methoxy groups -OCH3 is 1. The van der Waals surface area contributed by atoms with Gasteiger partial charge in [-0.1, -0.05) is 61.0 Å². The van der Waals surface area contributed by atoms with Gasteiger partial charge in [0.1, 0.15) is 36.6 Å². The highest BCUT2D eigenvalue weighted by Crippen LogP contribution is 2.38. The smallest absolute Gasteiger partial charge is 0.306 e. The molecular weight excluding hydrogens is 691 g/mol. The molecule has 3 rings (SSSR count). The van der Waals surface area contributed by atoms with Gasteiger partial charge in [0.25, 0.3) is 5.91 Å². The van der Waals surface area contributed by atoms with Crippen LogP contribution in [-0.2, 0) is 30.4 Å². The van der Waals surface area contributed by atoms with Crippen LogP contribution < -0.4 is 15.4 Å². The summed E-state index contributed by atoms with van der Waals surface area (Å²) in [7, 11) is 1.31. The maximum absolute atomic E-state index is 13.2. The van der Waals surface area contributed by atoms with Gasteiger partial charge in [-0.25, -0.2) is 0 Å². The van der Waals surface area contributed by atoms with Crippen LogP contribution in [0.5, 0.6) is 5.75 Å². The van der Waals surface area contributed by atoms with Gasteiger partial charge in [-0.05, 0) is 69.9 Å². The van der Waals surface area contributed by atoms with E-state index in [-0.39, 0.29) is 39.8 Å². The Morgan fingerprint density at radius 2 is 1.62 bits per heavy atom. The second-order valence-electron chi connectivity index (χ2n) is 13.4. The first-order valence-electron chi connectivity index (χ1n) is 16.8. The number of aliphatic hydroxyl groups excluding tert-OH is 3. The van der Waals surface area contributed by atoms with Crippen LogP contribution in [0.4, 0.5) is 5.69 Å². The quantitative estimate of drug-likeness (QED) is 0.104. The fraction of sp³-hybridized carbons (Fsp3) is 0.583. The van der Waals surface area contributed by atoms with E-state index in [0.717, 1.165) is 44.1 Å². The molecule has 1 aliphatic rings. The number of rotatable bonds is 17. The van der Waals surface area contributed by atoms with Crippen molar-refractivity contribution in [2.24, 2.45) is 0 Å². The first-order valence-corrected chi connectivity index (χ1v) is 17.6. The highest BCUT2D eigenvalue weighted by Gasteiger charge is 2.45. The number of ether oxygens (including phenoxy) is 4. The fourth-order valence-electron chi connectivity index (χ4n) is 5.50. The Kier molecular flexibility index (Phi) is 16.2. The Balaban J connectivity index is 1.48. The largest absolute Gasteiger partial charge is 0.486 e. The van der Waals surface area contributed by atoms with Gasteiger partial charge in [-0.3, -0.25) is 14.4 Å². The molecule has 2 aromatic carbocycles. The van der Waals surface area contributed by atoms with E-state index in [4.69, 9.17) is 42.1 Å². The maximum Gasteiger partial charge on any atom is 0.306 e. The van der Waals surface area contributed by atoms with Crippen LogP contribution in [0.15, 0.2) is 30.3 Å². The zero-order chi connectivity index (χ0) is 37.0. The third kappa shape index (κ3) is 12.4. The topological polar surface area (TPSA) is 173 Å². The lowest BCUT2D eigenvalue weighted by molar-refractivity contribution is -0.261. The lowest BCUT2D eigenvalue weighted by atomic mass is 9.96. The van der Waals surface area contributed by atoms with Crippen molar-refractivity contribution in [3.8, 4) is 5.75 Å². The summed E-state index contributed by atoms with van der Waals surface area (Å²) >= 11 is 13.1. The zero-order valence-electron chi connectivity index (χ0n) is 29.3. The van der Waals surface area contributed by atoms with Crippen LogP contribution in [0.25, 0.3) is 0 Å². The van der Waals surface area contributed by atoms with Crippen LogP contribution in [0.1, 0.15) is 93.6 Å². The predicted molar refractivity (Wildman–Crippen MR) is 189 cm³/mol. The van der Waals surface area contributed by atoms with Crippen molar-refractivity contribution in [2.75, 3.05) is 19.0 Å². The molecule has 0 aromatic heterocycles. The molecule has 2 aromatic rings. The van der Waals surface area contributed by atoms with Crippen LogP contribution in [-0.4, -0.2) is 83.1 Å².